The molecule has 1 amide bonds. The summed E-state index contributed by atoms with van der Waals surface area (Å²) in [7, 11) is 0. The molecule has 4 aromatic heterocycles. The van der Waals surface area contributed by atoms with Crippen molar-refractivity contribution in [2.75, 3.05) is 11.1 Å². The monoisotopic (exact) mass is 537 g/mol. The highest BCUT2D eigenvalue weighted by Crippen LogP contribution is 2.45. The van der Waals surface area contributed by atoms with E-state index in [9.17, 15) is 26.7 Å². The molecule has 0 fully saturated rings. The average molecular weight is 537 g/mol. The molecule has 3 N–H and O–H groups in total. The molecule has 0 aliphatic carbocycles. The van der Waals surface area contributed by atoms with Gasteiger partial charge in [-0.15, -0.1) is 10.2 Å². The van der Waals surface area contributed by atoms with Crippen LogP contribution in [0.2, 0.25) is 0 Å². The maximum absolute atomic E-state index is 13.6. The molecule has 200 valence electrons. The summed E-state index contributed by atoms with van der Waals surface area (Å²) in [5.41, 5.74) is 5.03. The number of alkyl halides is 5. The molecule has 1 aliphatic heterocycles. The number of nitrogens with one attached hydrogen (secondary N) is 1. The van der Waals surface area contributed by atoms with Crippen molar-refractivity contribution in [1.29, 1.82) is 0 Å². The summed E-state index contributed by atoms with van der Waals surface area (Å²) in [4.78, 5) is 25.8. The Kier molecular flexibility index (Phi) is 5.61. The van der Waals surface area contributed by atoms with Crippen LogP contribution in [0.1, 0.15) is 50.5 Å². The van der Waals surface area contributed by atoms with Crippen LogP contribution in [0.5, 0.6) is 0 Å². The molecule has 0 aromatic carbocycles. The number of nitrogens with zero attached hydrogens (tertiary/aromatic N) is 7. The largest absolute Gasteiger partial charge is 0.453 e. The van der Waals surface area contributed by atoms with Crippen LogP contribution in [0.3, 0.4) is 0 Å². The van der Waals surface area contributed by atoms with Crippen molar-refractivity contribution in [3.05, 3.63) is 35.7 Å². The number of halogens is 5. The maximum Gasteiger partial charge on any atom is 0.453 e. The summed E-state index contributed by atoms with van der Waals surface area (Å²) in [5, 5.41) is 15.1. The molecule has 38 heavy (non-hydrogen) atoms. The Morgan fingerprint density at radius 2 is 1.92 bits per heavy atom. The minimum atomic E-state index is -5.71. The highest BCUT2D eigenvalue weighted by Gasteiger charge is 2.57. The topological polar surface area (TPSA) is 151 Å². The van der Waals surface area contributed by atoms with E-state index < -0.39 is 36.4 Å². The molecule has 4 aromatic rings. The first kappa shape index (κ1) is 25.4. The molecule has 0 spiro atoms. The van der Waals surface area contributed by atoms with Crippen LogP contribution in [0.15, 0.2) is 22.7 Å². The van der Waals surface area contributed by atoms with Crippen molar-refractivity contribution in [3.8, 4) is 11.5 Å². The molecule has 0 saturated heterocycles. The smallest absolute Gasteiger partial charge is 0.423 e. The van der Waals surface area contributed by atoms with E-state index in [1.807, 2.05) is 13.8 Å². The van der Waals surface area contributed by atoms with Gasteiger partial charge in [0.25, 0.3) is 0 Å². The fourth-order valence-electron chi connectivity index (χ4n) is 4.11. The lowest BCUT2D eigenvalue weighted by Crippen LogP contribution is -2.37. The third-order valence-corrected chi connectivity index (χ3v) is 6.26. The molecule has 0 radical (unpaired) electrons. The number of hydrogen-bond acceptors (Lipinski definition) is 9. The van der Waals surface area contributed by atoms with Crippen LogP contribution in [0.4, 0.5) is 33.6 Å². The predicted octanol–water partition coefficient (Wildman–Crippen LogP) is 3.82. The zero-order valence-electron chi connectivity index (χ0n) is 20.1. The minimum absolute atomic E-state index is 0.00924. The number of carbonyl (C=O) groups excluding carboxylic acids is 1. The second-order valence-electron chi connectivity index (χ2n) is 9.23. The Hall–Kier alpha value is -4.24. The van der Waals surface area contributed by atoms with E-state index in [0.29, 0.717) is 5.89 Å². The molecule has 11 nitrogen and oxygen atoms in total. The van der Waals surface area contributed by atoms with Crippen molar-refractivity contribution >= 4 is 28.6 Å². The van der Waals surface area contributed by atoms with Gasteiger partial charge in [0.1, 0.15) is 17.3 Å². The number of nitrogen functional groups attached to an aromatic ring is 1. The Balaban J connectivity index is 1.57. The van der Waals surface area contributed by atoms with Gasteiger partial charge in [-0.05, 0) is 19.1 Å². The highest BCUT2D eigenvalue weighted by molar-refractivity contribution is 6.08. The first-order chi connectivity index (χ1) is 17.7. The van der Waals surface area contributed by atoms with Gasteiger partial charge in [-0.25, -0.2) is 19.6 Å². The quantitative estimate of drug-likeness (QED) is 0.350. The molecule has 5 rings (SSSR count). The normalized spacial score (nSPS) is 17.9. The van der Waals surface area contributed by atoms with E-state index in [1.165, 1.54) is 25.3 Å². The van der Waals surface area contributed by atoms with Crippen molar-refractivity contribution < 1.29 is 31.2 Å². The second kappa shape index (κ2) is 8.39. The molecular weight excluding hydrogens is 517 g/mol. The van der Waals surface area contributed by atoms with Gasteiger partial charge in [0, 0.05) is 25.1 Å². The summed E-state index contributed by atoms with van der Waals surface area (Å²) >= 11 is 0. The van der Waals surface area contributed by atoms with Gasteiger partial charge >= 0.3 is 12.1 Å². The van der Waals surface area contributed by atoms with E-state index in [1.54, 1.807) is 0 Å². The molecule has 1 aliphatic rings. The third-order valence-electron chi connectivity index (χ3n) is 6.26. The van der Waals surface area contributed by atoms with Crippen molar-refractivity contribution in [3.63, 3.8) is 0 Å². The predicted molar refractivity (Wildman–Crippen MR) is 122 cm³/mol. The SMILES string of the molecule is CC(C)c1nnc(C2(C)C(=O)Nc3nc(-c4nn(CCC(F)(F)C(F)(F)F)c5ncccc45)nc(N)c32)o1. The summed E-state index contributed by atoms with van der Waals surface area (Å²) in [6, 6.07) is 3.06. The molecule has 16 heteroatoms. The fourth-order valence-corrected chi connectivity index (χ4v) is 4.11. The van der Waals surface area contributed by atoms with E-state index in [4.69, 9.17) is 10.2 Å². The Labute approximate surface area is 210 Å². The summed E-state index contributed by atoms with van der Waals surface area (Å²) in [6.07, 6.45) is -5.91. The standard InChI is InChI=1S/C22H20F5N9O2/c1-9(2)17-33-34-19(38-17)20(3)11-13(28)30-15(31-14(11)32-18(20)37)12-10-5-4-7-29-16(10)36(35-12)8-6-21(23,24)22(25,26)27/h4-5,7,9H,6,8H2,1-3H3,(H3,28,30,31,32,37). The van der Waals surface area contributed by atoms with Crippen LogP contribution in [0.25, 0.3) is 22.6 Å². The lowest BCUT2D eigenvalue weighted by molar-refractivity contribution is -0.285. The number of rotatable bonds is 6. The molecule has 1 atom stereocenters. The van der Waals surface area contributed by atoms with E-state index >= 15 is 0 Å². The molecule has 0 bridgehead atoms. The van der Waals surface area contributed by atoms with E-state index in [-0.39, 0.29) is 51.6 Å². The van der Waals surface area contributed by atoms with Crippen LogP contribution in [0, 0.1) is 0 Å². The van der Waals surface area contributed by atoms with Crippen LogP contribution in [-0.4, -0.2) is 52.9 Å². The van der Waals surface area contributed by atoms with Gasteiger partial charge in [-0.2, -0.15) is 27.1 Å². The van der Waals surface area contributed by atoms with Gasteiger partial charge in [0.15, 0.2) is 16.9 Å². The van der Waals surface area contributed by atoms with Crippen molar-refractivity contribution in [2.24, 2.45) is 0 Å². The summed E-state index contributed by atoms with van der Waals surface area (Å²) in [5.74, 6) is -5.43. The lowest BCUT2D eigenvalue weighted by Gasteiger charge is -2.19. The average Bonchev–Trinajstić information content (AvgIpc) is 3.53. The zero-order chi connectivity index (χ0) is 27.6. The molecular formula is C22H20F5N9O2. The number of hydrogen-bond donors (Lipinski definition) is 2. The van der Waals surface area contributed by atoms with Gasteiger partial charge < -0.3 is 15.5 Å². The van der Waals surface area contributed by atoms with Gasteiger partial charge in [0.05, 0.1) is 10.9 Å². The lowest BCUT2D eigenvalue weighted by atomic mass is 9.84. The first-order valence-electron chi connectivity index (χ1n) is 11.3. The summed E-state index contributed by atoms with van der Waals surface area (Å²) < 4.78 is 71.8. The Morgan fingerprint density at radius 1 is 1.18 bits per heavy atom. The van der Waals surface area contributed by atoms with E-state index in [2.05, 4.69) is 35.6 Å². The van der Waals surface area contributed by atoms with Crippen LogP contribution in [-0.2, 0) is 16.8 Å². The number of aromatic nitrogens is 7. The molecule has 0 saturated carbocycles. The second-order valence-corrected chi connectivity index (χ2v) is 9.23. The molecule has 5 heterocycles. The third kappa shape index (κ3) is 3.81. The minimum Gasteiger partial charge on any atom is -0.423 e. The van der Waals surface area contributed by atoms with Crippen LogP contribution >= 0.6 is 0 Å². The number of fused-ring (bicyclic) bond motifs is 2. The number of pyridine rings is 1. The number of nitrogens with two attached hydrogens (primary N) is 1. The first-order valence-corrected chi connectivity index (χ1v) is 11.3. The maximum atomic E-state index is 13.6. The Bertz CT molecular complexity index is 1560. The van der Waals surface area contributed by atoms with Gasteiger partial charge in [-0.3, -0.25) is 4.79 Å². The van der Waals surface area contributed by atoms with Crippen molar-refractivity contribution in [1.82, 2.24) is 34.9 Å². The number of carbonyl (C=O) groups is 1. The highest BCUT2D eigenvalue weighted by atomic mass is 19.4. The van der Waals surface area contributed by atoms with Gasteiger partial charge in [-0.1, -0.05) is 13.8 Å². The number of amides is 1. The van der Waals surface area contributed by atoms with Gasteiger partial charge in [0.2, 0.25) is 17.7 Å². The zero-order valence-corrected chi connectivity index (χ0v) is 20.1. The molecule has 1 unspecified atom stereocenters. The number of aryl methyl sites for hydroxylation is 1. The van der Waals surface area contributed by atoms with E-state index in [0.717, 1.165) is 4.68 Å². The summed E-state index contributed by atoms with van der Waals surface area (Å²) in [6.45, 7) is 4.42. The fraction of sp³-hybridized carbons (Fsp3) is 0.409. The van der Waals surface area contributed by atoms with Crippen molar-refractivity contribution in [2.45, 2.75) is 57.2 Å². The van der Waals surface area contributed by atoms with Crippen LogP contribution < -0.4 is 11.1 Å². The number of anilines is 2. The Morgan fingerprint density at radius 3 is 2.58 bits per heavy atom.